The Labute approximate surface area is 75.1 Å². The van der Waals surface area contributed by atoms with Gasteiger partial charge in [0.05, 0.1) is 0 Å². The van der Waals surface area contributed by atoms with E-state index in [0.717, 1.165) is 0 Å². The van der Waals surface area contributed by atoms with Crippen LogP contribution in [0.1, 0.15) is 0 Å². The summed E-state index contributed by atoms with van der Waals surface area (Å²) in [6, 6.07) is 6.56. The zero-order valence-electron chi connectivity index (χ0n) is 6.81. The van der Waals surface area contributed by atoms with Crippen LogP contribution in [0, 0.1) is 5.82 Å². The van der Waals surface area contributed by atoms with Crippen LogP contribution < -0.4 is 0 Å². The van der Waals surface area contributed by atoms with Crippen molar-refractivity contribution in [2.75, 3.05) is 0 Å². The molecule has 3 heteroatoms. The van der Waals surface area contributed by atoms with Crippen LogP contribution in [0.25, 0.3) is 11.1 Å². The smallest absolute Gasteiger partial charge is 0.131 e. The average Bonchev–Trinajstić information content (AvgIpc) is 2.20. The average molecular weight is 174 g/mol. The van der Waals surface area contributed by atoms with Crippen LogP contribution in [0.2, 0.25) is 0 Å². The standard InChI is InChI=1S/C10H7FN2/c11-10-4-2-1-3-9(10)8-5-12-7-13-6-8/h1-7H. The Kier molecular flexibility index (Phi) is 2.00. The van der Waals surface area contributed by atoms with Gasteiger partial charge in [0.25, 0.3) is 0 Å². The fourth-order valence-corrected chi connectivity index (χ4v) is 1.13. The summed E-state index contributed by atoms with van der Waals surface area (Å²) in [7, 11) is 0. The summed E-state index contributed by atoms with van der Waals surface area (Å²) >= 11 is 0. The molecule has 0 aliphatic heterocycles. The summed E-state index contributed by atoms with van der Waals surface area (Å²) in [5, 5.41) is 0. The van der Waals surface area contributed by atoms with Crippen LogP contribution in [0.5, 0.6) is 0 Å². The van der Waals surface area contributed by atoms with E-state index in [4.69, 9.17) is 0 Å². The SMILES string of the molecule is Fc1ccccc1-c1cncnc1. The summed E-state index contributed by atoms with van der Waals surface area (Å²) < 4.78 is 13.2. The van der Waals surface area contributed by atoms with Crippen molar-refractivity contribution in [2.24, 2.45) is 0 Å². The van der Waals surface area contributed by atoms with Gasteiger partial charge >= 0.3 is 0 Å². The predicted octanol–water partition coefficient (Wildman–Crippen LogP) is 2.28. The summed E-state index contributed by atoms with van der Waals surface area (Å²) in [6.07, 6.45) is 4.60. The van der Waals surface area contributed by atoms with Crippen molar-refractivity contribution < 1.29 is 4.39 Å². The van der Waals surface area contributed by atoms with Crippen LogP contribution in [0.4, 0.5) is 4.39 Å². The first-order valence-corrected chi connectivity index (χ1v) is 3.88. The highest BCUT2D eigenvalue weighted by molar-refractivity contribution is 5.61. The van der Waals surface area contributed by atoms with E-state index in [9.17, 15) is 4.39 Å². The predicted molar refractivity (Wildman–Crippen MR) is 47.4 cm³/mol. The highest BCUT2D eigenvalue weighted by Crippen LogP contribution is 2.19. The van der Waals surface area contributed by atoms with Gasteiger partial charge in [0.2, 0.25) is 0 Å². The van der Waals surface area contributed by atoms with Gasteiger partial charge < -0.3 is 0 Å². The maximum absolute atomic E-state index is 13.2. The fraction of sp³-hybridized carbons (Fsp3) is 0. The van der Waals surface area contributed by atoms with Gasteiger partial charge in [0, 0.05) is 23.5 Å². The van der Waals surface area contributed by atoms with Gasteiger partial charge in [-0.15, -0.1) is 0 Å². The van der Waals surface area contributed by atoms with Gasteiger partial charge in [0.15, 0.2) is 0 Å². The van der Waals surface area contributed by atoms with Gasteiger partial charge in [-0.3, -0.25) is 0 Å². The first-order valence-electron chi connectivity index (χ1n) is 3.88. The van der Waals surface area contributed by atoms with Crippen molar-refractivity contribution >= 4 is 0 Å². The zero-order chi connectivity index (χ0) is 9.10. The van der Waals surface area contributed by atoms with E-state index >= 15 is 0 Å². The first-order chi connectivity index (χ1) is 6.38. The minimum Gasteiger partial charge on any atom is -0.244 e. The van der Waals surface area contributed by atoms with Gasteiger partial charge in [-0.05, 0) is 6.07 Å². The maximum atomic E-state index is 13.2. The monoisotopic (exact) mass is 174 g/mol. The van der Waals surface area contributed by atoms with Gasteiger partial charge in [0.1, 0.15) is 12.1 Å². The number of rotatable bonds is 1. The van der Waals surface area contributed by atoms with Crippen LogP contribution in [0.15, 0.2) is 43.0 Å². The van der Waals surface area contributed by atoms with Crippen molar-refractivity contribution in [2.45, 2.75) is 0 Å². The van der Waals surface area contributed by atoms with Gasteiger partial charge in [-0.25, -0.2) is 14.4 Å². The molecule has 0 aliphatic carbocycles. The van der Waals surface area contributed by atoms with E-state index in [1.165, 1.54) is 12.4 Å². The molecule has 1 heterocycles. The summed E-state index contributed by atoms with van der Waals surface area (Å²) in [5.74, 6) is -0.252. The number of aromatic nitrogens is 2. The van der Waals surface area contributed by atoms with Crippen LogP contribution >= 0.6 is 0 Å². The number of nitrogens with zero attached hydrogens (tertiary/aromatic N) is 2. The molecule has 0 amide bonds. The Morgan fingerprint density at radius 1 is 1.00 bits per heavy atom. The number of benzene rings is 1. The second-order valence-electron chi connectivity index (χ2n) is 2.61. The molecule has 0 unspecified atom stereocenters. The third-order valence-electron chi connectivity index (χ3n) is 1.75. The minimum atomic E-state index is -0.252. The third kappa shape index (κ3) is 1.54. The van der Waals surface area contributed by atoms with E-state index < -0.39 is 0 Å². The molecule has 0 saturated carbocycles. The van der Waals surface area contributed by atoms with E-state index in [2.05, 4.69) is 9.97 Å². The highest BCUT2D eigenvalue weighted by Gasteiger charge is 2.02. The second kappa shape index (κ2) is 3.31. The lowest BCUT2D eigenvalue weighted by molar-refractivity contribution is 0.631. The molecule has 0 spiro atoms. The molecule has 1 aromatic heterocycles. The Hall–Kier alpha value is -1.77. The highest BCUT2D eigenvalue weighted by atomic mass is 19.1. The molecular weight excluding hydrogens is 167 g/mol. The molecule has 2 rings (SSSR count). The maximum Gasteiger partial charge on any atom is 0.131 e. The molecule has 0 N–H and O–H groups in total. The topological polar surface area (TPSA) is 25.8 Å². The number of halogens is 1. The summed E-state index contributed by atoms with van der Waals surface area (Å²) in [5.41, 5.74) is 1.23. The minimum absolute atomic E-state index is 0.252. The fourth-order valence-electron chi connectivity index (χ4n) is 1.13. The van der Waals surface area contributed by atoms with Crippen LogP contribution in [0.3, 0.4) is 0 Å². The van der Waals surface area contributed by atoms with Gasteiger partial charge in [-0.2, -0.15) is 0 Å². The quantitative estimate of drug-likeness (QED) is 0.662. The number of hydrogen-bond acceptors (Lipinski definition) is 2. The third-order valence-corrected chi connectivity index (χ3v) is 1.75. The van der Waals surface area contributed by atoms with E-state index in [1.54, 1.807) is 30.6 Å². The Bertz CT molecular complexity index is 401. The van der Waals surface area contributed by atoms with E-state index in [1.807, 2.05) is 0 Å². The lowest BCUT2D eigenvalue weighted by atomic mass is 10.1. The molecule has 0 atom stereocenters. The molecular formula is C10H7FN2. The van der Waals surface area contributed by atoms with E-state index in [0.29, 0.717) is 11.1 Å². The van der Waals surface area contributed by atoms with Crippen molar-refractivity contribution in [3.05, 3.63) is 48.8 Å². The molecule has 0 aliphatic rings. The lowest BCUT2D eigenvalue weighted by Gasteiger charge is -2.00. The Morgan fingerprint density at radius 2 is 1.69 bits per heavy atom. The molecule has 13 heavy (non-hydrogen) atoms. The molecule has 64 valence electrons. The molecule has 0 saturated heterocycles. The largest absolute Gasteiger partial charge is 0.244 e. The molecule has 2 aromatic rings. The zero-order valence-corrected chi connectivity index (χ0v) is 6.81. The van der Waals surface area contributed by atoms with Crippen molar-refractivity contribution in [1.82, 2.24) is 9.97 Å². The molecule has 0 radical (unpaired) electrons. The van der Waals surface area contributed by atoms with Crippen LogP contribution in [-0.4, -0.2) is 9.97 Å². The van der Waals surface area contributed by atoms with Crippen molar-refractivity contribution in [3.63, 3.8) is 0 Å². The van der Waals surface area contributed by atoms with Crippen molar-refractivity contribution in [3.8, 4) is 11.1 Å². The summed E-state index contributed by atoms with van der Waals surface area (Å²) in [4.78, 5) is 7.65. The normalized spacial score (nSPS) is 9.92. The molecule has 1 aromatic carbocycles. The Balaban J connectivity index is 2.54. The van der Waals surface area contributed by atoms with Gasteiger partial charge in [-0.1, -0.05) is 18.2 Å². The van der Waals surface area contributed by atoms with Crippen LogP contribution in [-0.2, 0) is 0 Å². The lowest BCUT2D eigenvalue weighted by Crippen LogP contribution is -1.85. The molecule has 0 bridgehead atoms. The first kappa shape index (κ1) is 7.86. The number of hydrogen-bond donors (Lipinski definition) is 0. The second-order valence-corrected chi connectivity index (χ2v) is 2.61. The van der Waals surface area contributed by atoms with E-state index in [-0.39, 0.29) is 5.82 Å². The molecule has 0 fully saturated rings. The van der Waals surface area contributed by atoms with Crippen molar-refractivity contribution in [1.29, 1.82) is 0 Å². The molecule has 2 nitrogen and oxygen atoms in total. The summed E-state index contributed by atoms with van der Waals surface area (Å²) in [6.45, 7) is 0. The Morgan fingerprint density at radius 3 is 2.38 bits per heavy atom.